The molecule has 0 aliphatic carbocycles. The topological polar surface area (TPSA) is 108 Å². The molecule has 0 radical (unpaired) electrons. The summed E-state index contributed by atoms with van der Waals surface area (Å²) in [5.74, 6) is 1.09. The molecule has 3 N–H and O–H groups in total. The third-order valence-corrected chi connectivity index (χ3v) is 6.62. The van der Waals surface area contributed by atoms with Gasteiger partial charge in [0.25, 0.3) is 5.91 Å². The summed E-state index contributed by atoms with van der Waals surface area (Å²) in [6.45, 7) is 3.95. The number of thioether (sulfide) groups is 1. The summed E-state index contributed by atoms with van der Waals surface area (Å²) in [5.41, 5.74) is 8.46. The van der Waals surface area contributed by atoms with Gasteiger partial charge >= 0.3 is 0 Å². The zero-order valence-corrected chi connectivity index (χ0v) is 19.7. The molecule has 2 amide bonds. The van der Waals surface area contributed by atoms with Crippen LogP contribution in [-0.2, 0) is 9.59 Å². The Kier molecular flexibility index (Phi) is 6.80. The number of hydrogen-bond acceptors (Lipinski definition) is 6. The lowest BCUT2D eigenvalue weighted by Crippen LogP contribution is -2.20. The van der Waals surface area contributed by atoms with Gasteiger partial charge in [0.15, 0.2) is 18.1 Å². The number of halogens is 1. The smallest absolute Gasteiger partial charge is 0.255 e. The number of carbonyl (C=O) groups is 2. The average molecular weight is 487 g/mol. The van der Waals surface area contributed by atoms with E-state index in [9.17, 15) is 9.59 Å². The normalized spacial score (nSPS) is 15.4. The quantitative estimate of drug-likeness (QED) is 0.524. The van der Waals surface area contributed by atoms with Gasteiger partial charge in [-0.05, 0) is 43.7 Å². The summed E-state index contributed by atoms with van der Waals surface area (Å²) >= 11 is 7.92. The Hall–Kier alpha value is -3.17. The summed E-state index contributed by atoms with van der Waals surface area (Å²) in [4.78, 5) is 23.7. The number of benzene rings is 2. The summed E-state index contributed by atoms with van der Waals surface area (Å²) in [5, 5.41) is 8.03. The molecule has 2 heterocycles. The molecule has 1 aliphatic heterocycles. The van der Waals surface area contributed by atoms with Crippen molar-refractivity contribution >= 4 is 41.0 Å². The lowest BCUT2D eigenvalue weighted by Gasteiger charge is -2.18. The number of amides is 2. The highest BCUT2D eigenvalue weighted by Gasteiger charge is 2.31. The highest BCUT2D eigenvalue weighted by molar-refractivity contribution is 8.00. The van der Waals surface area contributed by atoms with E-state index < -0.39 is 5.91 Å². The number of nitrogens with one attached hydrogen (secondary N) is 1. The van der Waals surface area contributed by atoms with Gasteiger partial charge in [0.1, 0.15) is 5.82 Å². The van der Waals surface area contributed by atoms with Crippen LogP contribution in [0.4, 0.5) is 5.82 Å². The van der Waals surface area contributed by atoms with Gasteiger partial charge in [-0.25, -0.2) is 4.68 Å². The van der Waals surface area contributed by atoms with Gasteiger partial charge in [0, 0.05) is 5.56 Å². The number of nitrogens with two attached hydrogens (primary N) is 1. The molecule has 0 saturated heterocycles. The summed E-state index contributed by atoms with van der Waals surface area (Å²) in [6, 6.07) is 12.9. The van der Waals surface area contributed by atoms with Crippen LogP contribution in [0.15, 0.2) is 42.5 Å². The second-order valence-corrected chi connectivity index (χ2v) is 8.84. The molecule has 3 aromatic rings. The first-order valence-corrected chi connectivity index (χ1v) is 11.8. The fourth-order valence-electron chi connectivity index (χ4n) is 3.67. The van der Waals surface area contributed by atoms with Crippen LogP contribution in [0.3, 0.4) is 0 Å². The van der Waals surface area contributed by atoms with Gasteiger partial charge in [-0.1, -0.05) is 29.8 Å². The Morgan fingerprint density at radius 2 is 2.06 bits per heavy atom. The molecule has 10 heteroatoms. The van der Waals surface area contributed by atoms with Gasteiger partial charge in [-0.2, -0.15) is 5.10 Å². The van der Waals surface area contributed by atoms with E-state index >= 15 is 0 Å². The number of ether oxygens (including phenoxy) is 2. The molecule has 0 spiro atoms. The molecule has 172 valence electrons. The van der Waals surface area contributed by atoms with Crippen molar-refractivity contribution in [2.75, 3.05) is 24.3 Å². The lowest BCUT2D eigenvalue weighted by atomic mass is 10.0. The van der Waals surface area contributed by atoms with Crippen molar-refractivity contribution in [2.45, 2.75) is 19.1 Å². The van der Waals surface area contributed by atoms with Gasteiger partial charge < -0.3 is 20.5 Å². The molecule has 33 heavy (non-hydrogen) atoms. The summed E-state index contributed by atoms with van der Waals surface area (Å²) < 4.78 is 12.9. The minimum Gasteiger partial charge on any atom is -0.490 e. The lowest BCUT2D eigenvalue weighted by molar-refractivity contribution is -0.120. The Morgan fingerprint density at radius 3 is 2.79 bits per heavy atom. The Balaban J connectivity index is 1.80. The highest BCUT2D eigenvalue weighted by Crippen LogP contribution is 2.46. The SMILES string of the molecule is CCOc1cc([C@@H]2SCC(=O)Nc3c2c(C)nn3-c2ccccc2Cl)ccc1OCC(N)=O. The Bertz CT molecular complexity index is 1210. The highest BCUT2D eigenvalue weighted by atomic mass is 35.5. The predicted molar refractivity (Wildman–Crippen MR) is 129 cm³/mol. The van der Waals surface area contributed by atoms with Crippen LogP contribution < -0.4 is 20.5 Å². The van der Waals surface area contributed by atoms with Crippen molar-refractivity contribution < 1.29 is 19.1 Å². The molecule has 0 unspecified atom stereocenters. The van der Waals surface area contributed by atoms with Crippen molar-refractivity contribution in [1.29, 1.82) is 0 Å². The van der Waals surface area contributed by atoms with E-state index in [2.05, 4.69) is 5.32 Å². The van der Waals surface area contributed by atoms with E-state index in [4.69, 9.17) is 31.9 Å². The van der Waals surface area contributed by atoms with Crippen LogP contribution in [0, 0.1) is 6.92 Å². The van der Waals surface area contributed by atoms with Crippen molar-refractivity contribution in [1.82, 2.24) is 9.78 Å². The van der Waals surface area contributed by atoms with E-state index in [1.807, 2.05) is 44.2 Å². The molecule has 4 rings (SSSR count). The molecule has 0 bridgehead atoms. The molecular weight excluding hydrogens is 464 g/mol. The number of hydrogen-bond donors (Lipinski definition) is 2. The summed E-state index contributed by atoms with van der Waals surface area (Å²) in [7, 11) is 0. The van der Waals surface area contributed by atoms with E-state index in [-0.39, 0.29) is 23.5 Å². The van der Waals surface area contributed by atoms with Gasteiger partial charge in [0.05, 0.1) is 34.0 Å². The molecule has 0 saturated carbocycles. The second-order valence-electron chi connectivity index (χ2n) is 7.34. The van der Waals surface area contributed by atoms with Crippen LogP contribution in [0.2, 0.25) is 5.02 Å². The van der Waals surface area contributed by atoms with Crippen LogP contribution >= 0.6 is 23.4 Å². The standard InChI is InChI=1S/C23H23ClN4O4S/c1-3-31-18-10-14(8-9-17(18)32-11-19(25)29)22-21-13(2)27-28(16-7-5-4-6-15(16)24)23(21)26-20(30)12-33-22/h4-10,22H,3,11-12H2,1-2H3,(H2,25,29)(H,26,30)/t22-/m0/s1. The zero-order valence-electron chi connectivity index (χ0n) is 18.1. The van der Waals surface area contributed by atoms with Crippen molar-refractivity contribution in [2.24, 2.45) is 5.73 Å². The largest absolute Gasteiger partial charge is 0.490 e. The first kappa shape index (κ1) is 23.0. The maximum absolute atomic E-state index is 12.6. The Morgan fingerprint density at radius 1 is 1.27 bits per heavy atom. The van der Waals surface area contributed by atoms with E-state index in [1.54, 1.807) is 16.8 Å². The zero-order chi connectivity index (χ0) is 23.5. The molecular formula is C23H23ClN4O4S. The molecule has 1 aliphatic rings. The third-order valence-electron chi connectivity index (χ3n) is 5.03. The van der Waals surface area contributed by atoms with E-state index in [1.165, 1.54) is 11.8 Å². The monoisotopic (exact) mass is 486 g/mol. The second kappa shape index (κ2) is 9.76. The minimum atomic E-state index is -0.572. The van der Waals surface area contributed by atoms with Crippen LogP contribution in [-0.4, -0.2) is 40.6 Å². The number of aromatic nitrogens is 2. The fraction of sp³-hybridized carbons (Fsp3) is 0.261. The molecule has 0 fully saturated rings. The molecule has 1 atom stereocenters. The molecule has 1 aromatic heterocycles. The number of primary amides is 1. The number of fused-ring (bicyclic) bond motifs is 1. The minimum absolute atomic E-state index is 0.122. The van der Waals surface area contributed by atoms with Crippen LogP contribution in [0.5, 0.6) is 11.5 Å². The average Bonchev–Trinajstić information content (AvgIpc) is 2.98. The maximum Gasteiger partial charge on any atom is 0.255 e. The third kappa shape index (κ3) is 4.79. The maximum atomic E-state index is 12.6. The van der Waals surface area contributed by atoms with Crippen molar-refractivity contribution in [3.63, 3.8) is 0 Å². The van der Waals surface area contributed by atoms with Gasteiger partial charge in [0.2, 0.25) is 5.91 Å². The number of anilines is 1. The predicted octanol–water partition coefficient (Wildman–Crippen LogP) is 3.87. The number of nitrogens with zero attached hydrogens (tertiary/aromatic N) is 2. The first-order chi connectivity index (χ1) is 15.9. The van der Waals surface area contributed by atoms with E-state index in [0.29, 0.717) is 34.6 Å². The van der Waals surface area contributed by atoms with Crippen molar-refractivity contribution in [3.8, 4) is 17.2 Å². The van der Waals surface area contributed by atoms with Crippen molar-refractivity contribution in [3.05, 3.63) is 64.3 Å². The molecule has 2 aromatic carbocycles. The molecule has 8 nitrogen and oxygen atoms in total. The first-order valence-electron chi connectivity index (χ1n) is 10.3. The van der Waals surface area contributed by atoms with Gasteiger partial charge in [-0.3, -0.25) is 9.59 Å². The van der Waals surface area contributed by atoms with Gasteiger partial charge in [-0.15, -0.1) is 11.8 Å². The number of para-hydroxylation sites is 1. The number of carbonyl (C=O) groups excluding carboxylic acids is 2. The van der Waals surface area contributed by atoms with E-state index in [0.717, 1.165) is 16.8 Å². The Labute approximate surface area is 200 Å². The fourth-order valence-corrected chi connectivity index (χ4v) is 5.06. The number of aryl methyl sites for hydroxylation is 1. The van der Waals surface area contributed by atoms with Crippen LogP contribution in [0.25, 0.3) is 5.69 Å². The number of rotatable bonds is 7. The van der Waals surface area contributed by atoms with Crippen LogP contribution in [0.1, 0.15) is 29.0 Å². The summed E-state index contributed by atoms with van der Waals surface area (Å²) in [6.07, 6.45) is 0.